The average Bonchev–Trinajstić information content (AvgIpc) is 2.57. The molecule has 2 rings (SSSR count). The smallest absolute Gasteiger partial charge is 0.154 e. The van der Waals surface area contributed by atoms with Crippen molar-refractivity contribution in [2.75, 3.05) is 26.5 Å². The summed E-state index contributed by atoms with van der Waals surface area (Å²) in [5, 5.41) is 2.99. The third-order valence-electron chi connectivity index (χ3n) is 3.77. The van der Waals surface area contributed by atoms with Gasteiger partial charge in [-0.3, -0.25) is 0 Å². The van der Waals surface area contributed by atoms with E-state index in [0.717, 1.165) is 5.56 Å². The summed E-state index contributed by atoms with van der Waals surface area (Å²) in [6.07, 6.45) is 0.630. The first-order chi connectivity index (χ1) is 9.47. The van der Waals surface area contributed by atoms with E-state index >= 15 is 0 Å². The molecule has 0 aromatic heterocycles. The minimum atomic E-state index is -3.10. The van der Waals surface area contributed by atoms with Crippen molar-refractivity contribution in [1.82, 2.24) is 5.32 Å². The standard InChI is InChI=1S/C14H21NO4S/c1-10-6-7-15-13(9-20(10,16)17)12-8-11(18-2)4-5-14(12)19-3/h4-5,8,10,13,15H,6-7,9H2,1-3H3. The molecule has 1 aliphatic rings. The summed E-state index contributed by atoms with van der Waals surface area (Å²) in [6, 6.07) is 5.17. The van der Waals surface area contributed by atoms with Crippen molar-refractivity contribution in [3.63, 3.8) is 0 Å². The number of hydrogen-bond donors (Lipinski definition) is 1. The van der Waals surface area contributed by atoms with Gasteiger partial charge in [0.15, 0.2) is 9.84 Å². The second-order valence-electron chi connectivity index (χ2n) is 5.04. The largest absolute Gasteiger partial charge is 0.497 e. The third kappa shape index (κ3) is 3.07. The first kappa shape index (κ1) is 15.1. The highest BCUT2D eigenvalue weighted by Crippen LogP contribution is 2.32. The molecule has 6 heteroatoms. The first-order valence-corrected chi connectivity index (χ1v) is 8.36. The zero-order valence-corrected chi connectivity index (χ0v) is 12.9. The number of benzene rings is 1. The molecular formula is C14H21NO4S. The Morgan fingerprint density at radius 1 is 1.25 bits per heavy atom. The molecule has 1 aliphatic heterocycles. The van der Waals surface area contributed by atoms with Gasteiger partial charge in [0.05, 0.1) is 25.2 Å². The number of hydrogen-bond acceptors (Lipinski definition) is 5. The summed E-state index contributed by atoms with van der Waals surface area (Å²) >= 11 is 0. The first-order valence-electron chi connectivity index (χ1n) is 6.65. The van der Waals surface area contributed by atoms with E-state index in [1.165, 1.54) is 0 Å². The van der Waals surface area contributed by atoms with Crippen molar-refractivity contribution in [3.05, 3.63) is 23.8 Å². The molecule has 1 N–H and O–H groups in total. The molecule has 0 spiro atoms. The molecule has 20 heavy (non-hydrogen) atoms. The van der Waals surface area contributed by atoms with Gasteiger partial charge in [-0.2, -0.15) is 0 Å². The lowest BCUT2D eigenvalue weighted by Gasteiger charge is -2.19. The minimum Gasteiger partial charge on any atom is -0.497 e. The summed E-state index contributed by atoms with van der Waals surface area (Å²) in [7, 11) is 0.0720. The quantitative estimate of drug-likeness (QED) is 0.917. The van der Waals surface area contributed by atoms with Crippen LogP contribution in [0.15, 0.2) is 18.2 Å². The van der Waals surface area contributed by atoms with Gasteiger partial charge in [-0.05, 0) is 38.1 Å². The number of sulfone groups is 1. The number of ether oxygens (including phenoxy) is 2. The van der Waals surface area contributed by atoms with Crippen LogP contribution in [0.4, 0.5) is 0 Å². The molecule has 0 amide bonds. The normalized spacial score (nSPS) is 25.8. The average molecular weight is 299 g/mol. The van der Waals surface area contributed by atoms with Gasteiger partial charge in [-0.25, -0.2) is 8.42 Å². The highest BCUT2D eigenvalue weighted by Gasteiger charge is 2.30. The van der Waals surface area contributed by atoms with Crippen molar-refractivity contribution >= 4 is 9.84 Å². The molecule has 2 atom stereocenters. The van der Waals surface area contributed by atoms with E-state index in [1.807, 2.05) is 6.07 Å². The highest BCUT2D eigenvalue weighted by molar-refractivity contribution is 7.92. The summed E-state index contributed by atoms with van der Waals surface area (Å²) in [4.78, 5) is 0. The Kier molecular flexibility index (Phi) is 4.55. The zero-order chi connectivity index (χ0) is 14.8. The Labute approximate surface area is 120 Å². The van der Waals surface area contributed by atoms with E-state index in [-0.39, 0.29) is 17.0 Å². The molecule has 1 fully saturated rings. The Morgan fingerprint density at radius 3 is 2.65 bits per heavy atom. The van der Waals surface area contributed by atoms with Crippen molar-refractivity contribution in [2.24, 2.45) is 0 Å². The van der Waals surface area contributed by atoms with Gasteiger partial charge in [0.1, 0.15) is 11.5 Å². The van der Waals surface area contributed by atoms with Crippen LogP contribution in [-0.2, 0) is 9.84 Å². The van der Waals surface area contributed by atoms with Crippen molar-refractivity contribution < 1.29 is 17.9 Å². The van der Waals surface area contributed by atoms with Crippen molar-refractivity contribution in [3.8, 4) is 11.5 Å². The van der Waals surface area contributed by atoms with Crippen molar-refractivity contribution in [1.29, 1.82) is 0 Å². The number of methoxy groups -OCH3 is 2. The second-order valence-corrected chi connectivity index (χ2v) is 7.51. The van der Waals surface area contributed by atoms with Gasteiger partial charge >= 0.3 is 0 Å². The van der Waals surface area contributed by atoms with Gasteiger partial charge in [0, 0.05) is 11.6 Å². The fraction of sp³-hybridized carbons (Fsp3) is 0.571. The Hall–Kier alpha value is -1.27. The fourth-order valence-electron chi connectivity index (χ4n) is 2.41. The fourth-order valence-corrected chi connectivity index (χ4v) is 3.97. The maximum Gasteiger partial charge on any atom is 0.154 e. The molecule has 1 heterocycles. The maximum absolute atomic E-state index is 12.2. The molecule has 1 aromatic carbocycles. The van der Waals surface area contributed by atoms with Crippen LogP contribution in [0.3, 0.4) is 0 Å². The Balaban J connectivity index is 2.39. The Bertz CT molecular complexity index is 571. The molecule has 1 aromatic rings. The molecular weight excluding hydrogens is 278 g/mol. The summed E-state index contributed by atoms with van der Waals surface area (Å²) in [5.74, 6) is 1.45. The van der Waals surface area contributed by atoms with Gasteiger partial charge in [-0.1, -0.05) is 0 Å². The molecule has 1 saturated heterocycles. The van der Waals surface area contributed by atoms with Crippen LogP contribution in [0.2, 0.25) is 0 Å². The van der Waals surface area contributed by atoms with E-state index < -0.39 is 9.84 Å². The SMILES string of the molecule is COc1ccc(OC)c(C2CS(=O)(=O)C(C)CCN2)c1. The van der Waals surface area contributed by atoms with Gasteiger partial charge < -0.3 is 14.8 Å². The van der Waals surface area contributed by atoms with E-state index in [1.54, 1.807) is 33.3 Å². The highest BCUT2D eigenvalue weighted by atomic mass is 32.2. The molecule has 2 unspecified atom stereocenters. The van der Waals surface area contributed by atoms with Gasteiger partial charge in [0.25, 0.3) is 0 Å². The third-order valence-corrected chi connectivity index (χ3v) is 6.03. The lowest BCUT2D eigenvalue weighted by atomic mass is 10.1. The number of rotatable bonds is 3. The van der Waals surface area contributed by atoms with Crippen LogP contribution in [-0.4, -0.2) is 40.2 Å². The summed E-state index contributed by atoms with van der Waals surface area (Å²) in [6.45, 7) is 2.44. The summed E-state index contributed by atoms with van der Waals surface area (Å²) < 4.78 is 35.0. The second kappa shape index (κ2) is 6.01. The lowest BCUT2D eigenvalue weighted by Crippen LogP contribution is -2.26. The zero-order valence-electron chi connectivity index (χ0n) is 12.0. The minimum absolute atomic E-state index is 0.0810. The van der Waals surface area contributed by atoms with Gasteiger partial charge in [0.2, 0.25) is 0 Å². The number of nitrogens with one attached hydrogen (secondary N) is 1. The Morgan fingerprint density at radius 2 is 2.00 bits per heavy atom. The van der Waals surface area contributed by atoms with Gasteiger partial charge in [-0.15, -0.1) is 0 Å². The molecule has 112 valence electrons. The maximum atomic E-state index is 12.2. The van der Waals surface area contributed by atoms with Crippen LogP contribution in [0.25, 0.3) is 0 Å². The lowest BCUT2D eigenvalue weighted by molar-refractivity contribution is 0.392. The molecule has 0 aliphatic carbocycles. The predicted octanol–water partition coefficient (Wildman–Crippen LogP) is 1.54. The monoisotopic (exact) mass is 299 g/mol. The summed E-state index contributed by atoms with van der Waals surface area (Å²) in [5.41, 5.74) is 0.824. The van der Waals surface area contributed by atoms with E-state index in [2.05, 4.69) is 5.32 Å². The van der Waals surface area contributed by atoms with Crippen LogP contribution < -0.4 is 14.8 Å². The predicted molar refractivity (Wildman–Crippen MR) is 78.2 cm³/mol. The van der Waals surface area contributed by atoms with E-state index in [0.29, 0.717) is 24.5 Å². The van der Waals surface area contributed by atoms with Crippen molar-refractivity contribution in [2.45, 2.75) is 24.6 Å². The van der Waals surface area contributed by atoms with Crippen LogP contribution in [0, 0.1) is 0 Å². The molecule has 0 radical (unpaired) electrons. The van der Waals surface area contributed by atoms with E-state index in [9.17, 15) is 8.42 Å². The topological polar surface area (TPSA) is 64.6 Å². The molecule has 0 saturated carbocycles. The molecule has 5 nitrogen and oxygen atoms in total. The van der Waals surface area contributed by atoms with Crippen LogP contribution >= 0.6 is 0 Å². The molecule has 0 bridgehead atoms. The van der Waals surface area contributed by atoms with E-state index in [4.69, 9.17) is 9.47 Å². The van der Waals surface area contributed by atoms with Crippen LogP contribution in [0.1, 0.15) is 24.9 Å². The van der Waals surface area contributed by atoms with Crippen LogP contribution in [0.5, 0.6) is 11.5 Å².